The maximum Gasteiger partial charge on any atom is 0.131 e. The van der Waals surface area contributed by atoms with Gasteiger partial charge in [0.25, 0.3) is 0 Å². The Hall–Kier alpha value is -4.82. The van der Waals surface area contributed by atoms with E-state index in [1.807, 2.05) is 6.07 Å². The molecular formula is C37H27NO. The highest BCUT2D eigenvalue weighted by atomic mass is 16.5. The van der Waals surface area contributed by atoms with Crippen molar-refractivity contribution in [1.29, 1.82) is 0 Å². The van der Waals surface area contributed by atoms with E-state index < -0.39 is 0 Å². The lowest BCUT2D eigenvalue weighted by Gasteiger charge is -2.34. The highest BCUT2D eigenvalue weighted by Gasteiger charge is 2.34. The summed E-state index contributed by atoms with van der Waals surface area (Å²) in [5.41, 5.74) is 8.34. The second-order valence-electron chi connectivity index (χ2n) is 11.0. The number of aromatic nitrogens is 1. The van der Waals surface area contributed by atoms with Gasteiger partial charge in [0.15, 0.2) is 0 Å². The normalized spacial score (nSPS) is 13.8. The van der Waals surface area contributed by atoms with Crippen molar-refractivity contribution >= 4 is 32.6 Å². The van der Waals surface area contributed by atoms with Crippen LogP contribution in [0.15, 0.2) is 127 Å². The Morgan fingerprint density at radius 1 is 0.564 bits per heavy atom. The number of ether oxygens (including phenoxy) is 1. The van der Waals surface area contributed by atoms with Gasteiger partial charge in [-0.15, -0.1) is 0 Å². The van der Waals surface area contributed by atoms with Crippen LogP contribution in [-0.4, -0.2) is 4.57 Å². The predicted octanol–water partition coefficient (Wildman–Crippen LogP) is 10.0. The van der Waals surface area contributed by atoms with E-state index in [2.05, 4.69) is 140 Å². The Morgan fingerprint density at radius 2 is 1.33 bits per heavy atom. The van der Waals surface area contributed by atoms with E-state index >= 15 is 0 Å². The molecule has 0 bridgehead atoms. The van der Waals surface area contributed by atoms with Crippen molar-refractivity contribution in [2.75, 3.05) is 0 Å². The molecule has 8 rings (SSSR count). The fourth-order valence-electron chi connectivity index (χ4n) is 6.54. The molecule has 0 unspecified atom stereocenters. The SMILES string of the molecule is CC1(C)c2ccccc2Oc2ccc(-c3cccc4ccc5c(c6ccccc6n5-c5ccccc5)c34)cc21. The third-order valence-corrected chi connectivity index (χ3v) is 8.44. The van der Waals surface area contributed by atoms with Crippen LogP contribution in [0.1, 0.15) is 25.0 Å². The van der Waals surface area contributed by atoms with Crippen LogP contribution < -0.4 is 4.74 Å². The summed E-state index contributed by atoms with van der Waals surface area (Å²) in [6, 6.07) is 45.7. The molecule has 7 aromatic rings. The predicted molar refractivity (Wildman–Crippen MR) is 162 cm³/mol. The molecule has 2 heteroatoms. The van der Waals surface area contributed by atoms with Gasteiger partial charge in [-0.1, -0.05) is 98.8 Å². The second-order valence-corrected chi connectivity index (χ2v) is 11.0. The average molecular weight is 502 g/mol. The van der Waals surface area contributed by atoms with Gasteiger partial charge in [-0.25, -0.2) is 0 Å². The van der Waals surface area contributed by atoms with Crippen molar-refractivity contribution in [1.82, 2.24) is 4.57 Å². The lowest BCUT2D eigenvalue weighted by molar-refractivity contribution is 0.418. The minimum atomic E-state index is -0.163. The van der Waals surface area contributed by atoms with Gasteiger partial charge >= 0.3 is 0 Å². The van der Waals surface area contributed by atoms with Crippen molar-refractivity contribution in [2.24, 2.45) is 0 Å². The Balaban J connectivity index is 1.43. The van der Waals surface area contributed by atoms with Crippen LogP contribution >= 0.6 is 0 Å². The number of benzene rings is 6. The van der Waals surface area contributed by atoms with Crippen molar-refractivity contribution in [3.05, 3.63) is 139 Å². The number of hydrogen-bond donors (Lipinski definition) is 0. The first kappa shape index (κ1) is 22.2. The summed E-state index contributed by atoms with van der Waals surface area (Å²) in [5, 5.41) is 5.09. The van der Waals surface area contributed by atoms with Crippen molar-refractivity contribution in [3.63, 3.8) is 0 Å². The Labute approximate surface area is 227 Å². The van der Waals surface area contributed by atoms with Crippen LogP contribution in [0.5, 0.6) is 11.5 Å². The summed E-state index contributed by atoms with van der Waals surface area (Å²) in [6.45, 7) is 4.59. The summed E-state index contributed by atoms with van der Waals surface area (Å²) in [4.78, 5) is 0. The summed E-state index contributed by atoms with van der Waals surface area (Å²) >= 11 is 0. The third-order valence-electron chi connectivity index (χ3n) is 8.44. The van der Waals surface area contributed by atoms with E-state index in [0.717, 1.165) is 11.5 Å². The molecule has 0 fully saturated rings. The summed E-state index contributed by atoms with van der Waals surface area (Å²) < 4.78 is 8.76. The van der Waals surface area contributed by atoms with Crippen molar-refractivity contribution < 1.29 is 4.74 Å². The molecule has 0 atom stereocenters. The zero-order valence-corrected chi connectivity index (χ0v) is 22.0. The molecule has 1 aliphatic heterocycles. The number of nitrogens with zero attached hydrogens (tertiary/aromatic N) is 1. The van der Waals surface area contributed by atoms with Gasteiger partial charge < -0.3 is 9.30 Å². The number of para-hydroxylation sites is 3. The lowest BCUT2D eigenvalue weighted by atomic mass is 9.75. The first-order chi connectivity index (χ1) is 19.1. The zero-order chi connectivity index (χ0) is 26.1. The standard InChI is InChI=1S/C37H27NO/c1-37(2)29-16-7-9-18-33(29)39-34-22-20-25(23-30(34)37)27-15-10-11-24-19-21-32-36(35(24)27)28-14-6-8-17-31(28)38(32)26-12-4-3-5-13-26/h3-23H,1-2H3. The summed E-state index contributed by atoms with van der Waals surface area (Å²) in [5.74, 6) is 1.89. The van der Waals surface area contributed by atoms with Gasteiger partial charge in [-0.3, -0.25) is 0 Å². The molecule has 2 heterocycles. The van der Waals surface area contributed by atoms with Crippen LogP contribution in [0.25, 0.3) is 49.4 Å². The summed E-state index contributed by atoms with van der Waals surface area (Å²) in [6.07, 6.45) is 0. The van der Waals surface area contributed by atoms with Gasteiger partial charge in [0.2, 0.25) is 0 Å². The van der Waals surface area contributed by atoms with Gasteiger partial charge in [0.05, 0.1) is 11.0 Å². The lowest BCUT2D eigenvalue weighted by Crippen LogP contribution is -2.24. The summed E-state index contributed by atoms with van der Waals surface area (Å²) in [7, 11) is 0. The molecule has 0 saturated heterocycles. The molecule has 0 aliphatic carbocycles. The highest BCUT2D eigenvalue weighted by molar-refractivity contribution is 6.24. The van der Waals surface area contributed by atoms with Crippen LogP contribution in [0.4, 0.5) is 0 Å². The molecule has 0 spiro atoms. The first-order valence-corrected chi connectivity index (χ1v) is 13.5. The molecule has 1 aromatic heterocycles. The van der Waals surface area contributed by atoms with Gasteiger partial charge in [-0.2, -0.15) is 0 Å². The molecule has 6 aromatic carbocycles. The number of fused-ring (bicyclic) bond motifs is 7. The van der Waals surface area contributed by atoms with E-state index in [9.17, 15) is 0 Å². The van der Waals surface area contributed by atoms with Gasteiger partial charge in [0.1, 0.15) is 11.5 Å². The smallest absolute Gasteiger partial charge is 0.131 e. The number of rotatable bonds is 2. The molecule has 0 saturated carbocycles. The fraction of sp³-hybridized carbons (Fsp3) is 0.0811. The maximum atomic E-state index is 6.37. The minimum Gasteiger partial charge on any atom is -0.457 e. The molecule has 0 amide bonds. The van der Waals surface area contributed by atoms with Crippen LogP contribution in [0.2, 0.25) is 0 Å². The van der Waals surface area contributed by atoms with Crippen LogP contribution in [0.3, 0.4) is 0 Å². The van der Waals surface area contributed by atoms with Crippen molar-refractivity contribution in [2.45, 2.75) is 19.3 Å². The van der Waals surface area contributed by atoms with Crippen molar-refractivity contribution in [3.8, 4) is 28.3 Å². The first-order valence-electron chi connectivity index (χ1n) is 13.5. The molecular weight excluding hydrogens is 474 g/mol. The van der Waals surface area contributed by atoms with E-state index in [0.29, 0.717) is 0 Å². The largest absolute Gasteiger partial charge is 0.457 e. The Kier molecular flexibility index (Phi) is 4.60. The van der Waals surface area contributed by atoms with E-state index in [1.54, 1.807) is 0 Å². The average Bonchev–Trinajstić information content (AvgIpc) is 3.32. The third kappa shape index (κ3) is 3.15. The zero-order valence-electron chi connectivity index (χ0n) is 22.0. The van der Waals surface area contributed by atoms with E-state index in [-0.39, 0.29) is 5.41 Å². The van der Waals surface area contributed by atoms with Gasteiger partial charge in [0, 0.05) is 33.0 Å². The quantitative estimate of drug-likeness (QED) is 0.230. The molecule has 39 heavy (non-hydrogen) atoms. The Bertz CT molecular complexity index is 2060. The molecule has 0 radical (unpaired) electrons. The Morgan fingerprint density at radius 3 is 2.23 bits per heavy atom. The highest BCUT2D eigenvalue weighted by Crippen LogP contribution is 2.49. The monoisotopic (exact) mass is 501 g/mol. The van der Waals surface area contributed by atoms with E-state index in [4.69, 9.17) is 4.74 Å². The molecule has 2 nitrogen and oxygen atoms in total. The van der Waals surface area contributed by atoms with Crippen LogP contribution in [0, 0.1) is 0 Å². The molecule has 186 valence electrons. The molecule has 0 N–H and O–H groups in total. The minimum absolute atomic E-state index is 0.163. The number of hydrogen-bond acceptors (Lipinski definition) is 1. The molecule has 1 aliphatic rings. The maximum absolute atomic E-state index is 6.37. The van der Waals surface area contributed by atoms with Gasteiger partial charge in [-0.05, 0) is 64.4 Å². The second kappa shape index (κ2) is 8.09. The fourth-order valence-corrected chi connectivity index (χ4v) is 6.54. The topological polar surface area (TPSA) is 14.2 Å². The van der Waals surface area contributed by atoms with E-state index in [1.165, 1.54) is 60.5 Å². The van der Waals surface area contributed by atoms with Crippen LogP contribution in [-0.2, 0) is 5.41 Å².